The molecule has 0 saturated heterocycles. The summed E-state index contributed by atoms with van der Waals surface area (Å²) in [7, 11) is 0. The molecule has 0 bridgehead atoms. The summed E-state index contributed by atoms with van der Waals surface area (Å²) >= 11 is 0. The summed E-state index contributed by atoms with van der Waals surface area (Å²) in [6.07, 6.45) is 0. The molecule has 0 spiro atoms. The molecule has 0 aliphatic heterocycles. The highest BCUT2D eigenvalue weighted by Crippen LogP contribution is 2.25. The molecular weight excluding hydrogens is 185 g/mol. The second-order valence-electron chi connectivity index (χ2n) is 2.85. The Labute approximate surface area is 79.5 Å². The molecule has 0 atom stereocenters. The van der Waals surface area contributed by atoms with Crippen molar-refractivity contribution in [2.45, 2.75) is 6.92 Å². The van der Waals surface area contributed by atoms with Crippen LogP contribution in [0.3, 0.4) is 0 Å². The van der Waals surface area contributed by atoms with E-state index >= 15 is 0 Å². The van der Waals surface area contributed by atoms with E-state index in [-0.39, 0.29) is 11.6 Å². The van der Waals surface area contributed by atoms with Crippen LogP contribution in [0.1, 0.15) is 5.82 Å². The van der Waals surface area contributed by atoms with Crippen LogP contribution in [0.25, 0.3) is 11.5 Å². The molecule has 2 aromatic rings. The Morgan fingerprint density at radius 1 is 1.43 bits per heavy atom. The van der Waals surface area contributed by atoms with Gasteiger partial charge in [-0.05, 0) is 19.1 Å². The zero-order chi connectivity index (χ0) is 10.1. The summed E-state index contributed by atoms with van der Waals surface area (Å²) in [5.41, 5.74) is 5.97. The topological polar surface area (TPSA) is 64.9 Å². The van der Waals surface area contributed by atoms with Gasteiger partial charge in [-0.2, -0.15) is 4.98 Å². The van der Waals surface area contributed by atoms with Crippen LogP contribution in [0.5, 0.6) is 0 Å². The number of anilines is 1. The molecule has 1 aromatic carbocycles. The van der Waals surface area contributed by atoms with Crippen LogP contribution in [0, 0.1) is 12.7 Å². The monoisotopic (exact) mass is 193 g/mol. The van der Waals surface area contributed by atoms with Gasteiger partial charge in [0, 0.05) is 0 Å². The molecule has 0 aliphatic carbocycles. The minimum Gasteiger partial charge on any atom is -0.396 e. The molecule has 0 fully saturated rings. The summed E-state index contributed by atoms with van der Waals surface area (Å²) in [6, 6.07) is 4.45. The molecule has 5 heteroatoms. The lowest BCUT2D eigenvalue weighted by Crippen LogP contribution is -1.94. The van der Waals surface area contributed by atoms with E-state index in [0.717, 1.165) is 0 Å². The second kappa shape index (κ2) is 3.10. The van der Waals surface area contributed by atoms with Crippen molar-refractivity contribution < 1.29 is 8.91 Å². The standard InChI is InChI=1S/C9H8FN3O/c1-5-12-9(14-13-5)6-3-2-4-7(10)8(6)11/h2-4H,11H2,1H3. The van der Waals surface area contributed by atoms with Gasteiger partial charge in [-0.3, -0.25) is 0 Å². The smallest absolute Gasteiger partial charge is 0.260 e. The molecule has 0 amide bonds. The van der Waals surface area contributed by atoms with Gasteiger partial charge >= 0.3 is 0 Å². The van der Waals surface area contributed by atoms with E-state index < -0.39 is 5.82 Å². The molecule has 2 N–H and O–H groups in total. The van der Waals surface area contributed by atoms with Crippen LogP contribution in [-0.2, 0) is 0 Å². The zero-order valence-electron chi connectivity index (χ0n) is 7.49. The Morgan fingerprint density at radius 3 is 2.86 bits per heavy atom. The predicted octanol–water partition coefficient (Wildman–Crippen LogP) is 1.77. The van der Waals surface area contributed by atoms with Crippen LogP contribution in [0.4, 0.5) is 10.1 Å². The highest BCUT2D eigenvalue weighted by Gasteiger charge is 2.12. The summed E-state index contributed by atoms with van der Waals surface area (Å²) in [5.74, 6) is 0.238. The van der Waals surface area contributed by atoms with E-state index in [1.54, 1.807) is 19.1 Å². The highest BCUT2D eigenvalue weighted by atomic mass is 19.1. The van der Waals surface area contributed by atoms with Gasteiger partial charge in [0.1, 0.15) is 5.82 Å². The maximum absolute atomic E-state index is 13.1. The number of hydrogen-bond donors (Lipinski definition) is 1. The number of hydrogen-bond acceptors (Lipinski definition) is 4. The van der Waals surface area contributed by atoms with Crippen molar-refractivity contribution in [3.63, 3.8) is 0 Å². The third-order valence-corrected chi connectivity index (χ3v) is 1.81. The van der Waals surface area contributed by atoms with Crippen molar-refractivity contribution in [3.8, 4) is 11.5 Å². The van der Waals surface area contributed by atoms with E-state index in [9.17, 15) is 4.39 Å². The van der Waals surface area contributed by atoms with Crippen molar-refractivity contribution >= 4 is 5.69 Å². The first-order valence-corrected chi connectivity index (χ1v) is 4.03. The average Bonchev–Trinajstić information content (AvgIpc) is 2.57. The van der Waals surface area contributed by atoms with Gasteiger partial charge in [0.2, 0.25) is 0 Å². The number of benzene rings is 1. The molecule has 0 saturated carbocycles. The van der Waals surface area contributed by atoms with Gasteiger partial charge in [-0.15, -0.1) is 0 Å². The maximum atomic E-state index is 13.1. The lowest BCUT2D eigenvalue weighted by atomic mass is 10.2. The van der Waals surface area contributed by atoms with E-state index in [4.69, 9.17) is 10.3 Å². The van der Waals surface area contributed by atoms with Crippen molar-refractivity contribution in [1.82, 2.24) is 10.1 Å². The van der Waals surface area contributed by atoms with Gasteiger partial charge in [0.25, 0.3) is 5.89 Å². The van der Waals surface area contributed by atoms with Crippen molar-refractivity contribution in [1.29, 1.82) is 0 Å². The SMILES string of the molecule is Cc1noc(-c2cccc(F)c2N)n1. The van der Waals surface area contributed by atoms with Crippen molar-refractivity contribution in [3.05, 3.63) is 29.8 Å². The minimum atomic E-state index is -0.488. The van der Waals surface area contributed by atoms with Crippen LogP contribution in [0.15, 0.2) is 22.7 Å². The van der Waals surface area contributed by atoms with Gasteiger partial charge < -0.3 is 10.3 Å². The summed E-state index contributed by atoms with van der Waals surface area (Å²) < 4.78 is 17.9. The molecule has 4 nitrogen and oxygen atoms in total. The zero-order valence-corrected chi connectivity index (χ0v) is 7.49. The number of aryl methyl sites for hydroxylation is 1. The Morgan fingerprint density at radius 2 is 2.21 bits per heavy atom. The molecule has 14 heavy (non-hydrogen) atoms. The first-order chi connectivity index (χ1) is 6.68. The Balaban J connectivity index is 2.57. The Hall–Kier alpha value is -1.91. The Bertz CT molecular complexity index is 467. The number of nitrogens with zero attached hydrogens (tertiary/aromatic N) is 2. The number of halogens is 1. The summed E-state index contributed by atoms with van der Waals surface area (Å²) in [4.78, 5) is 3.96. The fourth-order valence-electron chi connectivity index (χ4n) is 1.13. The first kappa shape index (κ1) is 8.68. The van der Waals surface area contributed by atoms with E-state index in [0.29, 0.717) is 11.4 Å². The molecule has 1 aromatic heterocycles. The summed E-state index contributed by atoms with van der Waals surface area (Å²) in [6.45, 7) is 1.68. The molecular formula is C9H8FN3O. The van der Waals surface area contributed by atoms with Crippen LogP contribution < -0.4 is 5.73 Å². The first-order valence-electron chi connectivity index (χ1n) is 4.03. The third-order valence-electron chi connectivity index (χ3n) is 1.81. The second-order valence-corrected chi connectivity index (χ2v) is 2.85. The van der Waals surface area contributed by atoms with E-state index in [2.05, 4.69) is 10.1 Å². The number of nitrogens with two attached hydrogens (primary N) is 1. The molecule has 1 heterocycles. The number of para-hydroxylation sites is 1. The third kappa shape index (κ3) is 1.32. The fourth-order valence-corrected chi connectivity index (χ4v) is 1.13. The average molecular weight is 193 g/mol. The lowest BCUT2D eigenvalue weighted by Gasteiger charge is -2.00. The van der Waals surface area contributed by atoms with Gasteiger partial charge in [-0.1, -0.05) is 11.2 Å². The number of aromatic nitrogens is 2. The van der Waals surface area contributed by atoms with E-state index in [1.807, 2.05) is 0 Å². The molecule has 0 unspecified atom stereocenters. The quantitative estimate of drug-likeness (QED) is 0.701. The minimum absolute atomic E-state index is 0.0242. The van der Waals surface area contributed by atoms with Crippen LogP contribution >= 0.6 is 0 Å². The summed E-state index contributed by atoms with van der Waals surface area (Å²) in [5, 5.41) is 3.60. The van der Waals surface area contributed by atoms with Crippen LogP contribution in [-0.4, -0.2) is 10.1 Å². The highest BCUT2D eigenvalue weighted by molar-refractivity contribution is 5.70. The Kier molecular flexibility index (Phi) is 1.92. The number of rotatable bonds is 1. The largest absolute Gasteiger partial charge is 0.396 e. The van der Waals surface area contributed by atoms with Gasteiger partial charge in [0.15, 0.2) is 5.82 Å². The normalized spacial score (nSPS) is 10.4. The number of nitrogen functional groups attached to an aromatic ring is 1. The molecule has 0 aliphatic rings. The van der Waals surface area contributed by atoms with E-state index in [1.165, 1.54) is 6.07 Å². The van der Waals surface area contributed by atoms with Gasteiger partial charge in [0.05, 0.1) is 11.3 Å². The van der Waals surface area contributed by atoms with Crippen molar-refractivity contribution in [2.75, 3.05) is 5.73 Å². The van der Waals surface area contributed by atoms with Gasteiger partial charge in [-0.25, -0.2) is 4.39 Å². The maximum Gasteiger partial charge on any atom is 0.260 e. The van der Waals surface area contributed by atoms with Crippen molar-refractivity contribution in [2.24, 2.45) is 0 Å². The molecule has 2 rings (SSSR count). The predicted molar refractivity (Wildman–Crippen MR) is 48.8 cm³/mol. The molecule has 0 radical (unpaired) electrons. The molecule has 72 valence electrons. The van der Waals surface area contributed by atoms with Crippen LogP contribution in [0.2, 0.25) is 0 Å². The lowest BCUT2D eigenvalue weighted by molar-refractivity contribution is 0.425. The fraction of sp³-hybridized carbons (Fsp3) is 0.111.